The third-order valence-corrected chi connectivity index (χ3v) is 3.93. The maximum atomic E-state index is 11.8. The highest BCUT2D eigenvalue weighted by molar-refractivity contribution is 5.81. The number of nitrogens with two attached hydrogens (primary N) is 1. The molecule has 1 fully saturated rings. The Balaban J connectivity index is 2.30. The Morgan fingerprint density at radius 2 is 2.06 bits per heavy atom. The molecule has 0 saturated heterocycles. The molecule has 0 heterocycles. The van der Waals surface area contributed by atoms with Gasteiger partial charge >= 0.3 is 0 Å². The van der Waals surface area contributed by atoms with Crippen molar-refractivity contribution in [3.8, 4) is 0 Å². The smallest absolute Gasteiger partial charge is 0.237 e. The monoisotopic (exact) mass is 226 g/mol. The first kappa shape index (κ1) is 13.5. The minimum atomic E-state index is -0.345. The Bertz CT molecular complexity index is 236. The molecule has 1 rings (SSSR count). The number of amides is 1. The van der Waals surface area contributed by atoms with E-state index in [1.807, 2.05) is 6.92 Å². The molecule has 0 unspecified atom stereocenters. The predicted octanol–water partition coefficient (Wildman–Crippen LogP) is 2.06. The van der Waals surface area contributed by atoms with E-state index in [0.717, 1.165) is 13.0 Å². The zero-order valence-corrected chi connectivity index (χ0v) is 10.9. The zero-order valence-electron chi connectivity index (χ0n) is 10.9. The highest BCUT2D eigenvalue weighted by Crippen LogP contribution is 2.48. The van der Waals surface area contributed by atoms with Crippen LogP contribution in [-0.4, -0.2) is 18.5 Å². The van der Waals surface area contributed by atoms with Gasteiger partial charge in [-0.15, -0.1) is 0 Å². The number of nitrogens with one attached hydrogen (secondary N) is 1. The van der Waals surface area contributed by atoms with Crippen molar-refractivity contribution >= 4 is 5.91 Å². The van der Waals surface area contributed by atoms with Crippen molar-refractivity contribution in [1.82, 2.24) is 5.32 Å². The third-order valence-electron chi connectivity index (χ3n) is 3.93. The van der Waals surface area contributed by atoms with Crippen LogP contribution in [0, 0.1) is 11.3 Å². The first-order valence-corrected chi connectivity index (χ1v) is 6.58. The molecular weight excluding hydrogens is 200 g/mol. The maximum Gasteiger partial charge on any atom is 0.237 e. The summed E-state index contributed by atoms with van der Waals surface area (Å²) in [6.07, 6.45) is 5.91. The molecule has 94 valence electrons. The van der Waals surface area contributed by atoms with Gasteiger partial charge < -0.3 is 11.1 Å². The van der Waals surface area contributed by atoms with Crippen molar-refractivity contribution < 1.29 is 4.79 Å². The normalized spacial score (nSPS) is 21.2. The molecule has 3 N–H and O–H groups in total. The predicted molar refractivity (Wildman–Crippen MR) is 67.0 cm³/mol. The molecule has 1 saturated carbocycles. The summed E-state index contributed by atoms with van der Waals surface area (Å²) in [6.45, 7) is 7.12. The Labute approximate surface area is 99.2 Å². The number of carbonyl (C=O) groups is 1. The maximum absolute atomic E-state index is 11.8. The van der Waals surface area contributed by atoms with Crippen LogP contribution in [0.1, 0.15) is 52.9 Å². The van der Waals surface area contributed by atoms with Crippen molar-refractivity contribution in [3.05, 3.63) is 0 Å². The van der Waals surface area contributed by atoms with Gasteiger partial charge in [-0.2, -0.15) is 0 Å². The molecule has 0 bridgehead atoms. The Hall–Kier alpha value is -0.570. The number of carbonyl (C=O) groups excluding carboxylic acids is 1. The second-order valence-electron chi connectivity index (χ2n) is 5.38. The lowest BCUT2D eigenvalue weighted by molar-refractivity contribution is -0.123. The summed E-state index contributed by atoms with van der Waals surface area (Å²) in [5.41, 5.74) is 6.30. The Morgan fingerprint density at radius 3 is 2.50 bits per heavy atom. The van der Waals surface area contributed by atoms with Crippen molar-refractivity contribution in [2.75, 3.05) is 6.54 Å². The van der Waals surface area contributed by atoms with E-state index in [2.05, 4.69) is 19.2 Å². The quantitative estimate of drug-likeness (QED) is 0.698. The van der Waals surface area contributed by atoms with Crippen LogP contribution in [0.15, 0.2) is 0 Å². The molecule has 3 nitrogen and oxygen atoms in total. The summed E-state index contributed by atoms with van der Waals surface area (Å²) in [6, 6.07) is -0.345. The van der Waals surface area contributed by atoms with Crippen LogP contribution in [0.25, 0.3) is 0 Å². The molecule has 16 heavy (non-hydrogen) atoms. The van der Waals surface area contributed by atoms with Gasteiger partial charge in [0.25, 0.3) is 0 Å². The summed E-state index contributed by atoms with van der Waals surface area (Å²) >= 11 is 0. The molecule has 0 radical (unpaired) electrons. The molecular formula is C13H26N2O. The van der Waals surface area contributed by atoms with Crippen LogP contribution < -0.4 is 11.1 Å². The largest absolute Gasteiger partial charge is 0.354 e. The van der Waals surface area contributed by atoms with Gasteiger partial charge in [-0.25, -0.2) is 0 Å². The molecule has 1 amide bonds. The fourth-order valence-corrected chi connectivity index (χ4v) is 2.13. The van der Waals surface area contributed by atoms with E-state index in [-0.39, 0.29) is 17.9 Å². The highest BCUT2D eigenvalue weighted by Gasteiger charge is 2.41. The standard InChI is InChI=1S/C13H26N2O/c1-4-6-13(7-8-13)9-15-12(16)11(14)10(3)5-2/h10-11H,4-9,14H2,1-3H3,(H,15,16)/t10-,11-/m0/s1. The average Bonchev–Trinajstić information content (AvgIpc) is 3.05. The fourth-order valence-electron chi connectivity index (χ4n) is 2.13. The Morgan fingerprint density at radius 1 is 1.44 bits per heavy atom. The second kappa shape index (κ2) is 5.67. The molecule has 2 atom stereocenters. The lowest BCUT2D eigenvalue weighted by Gasteiger charge is -2.20. The van der Waals surface area contributed by atoms with E-state index in [0.29, 0.717) is 5.41 Å². The number of hydrogen-bond donors (Lipinski definition) is 2. The SMILES string of the molecule is CCCC1(CNC(=O)[C@@H](N)[C@@H](C)CC)CC1. The summed E-state index contributed by atoms with van der Waals surface area (Å²) in [4.78, 5) is 11.8. The lowest BCUT2D eigenvalue weighted by Crippen LogP contribution is -2.46. The first-order valence-electron chi connectivity index (χ1n) is 6.58. The van der Waals surface area contributed by atoms with E-state index < -0.39 is 0 Å². The van der Waals surface area contributed by atoms with E-state index >= 15 is 0 Å². The van der Waals surface area contributed by atoms with Gasteiger partial charge in [-0.1, -0.05) is 33.6 Å². The van der Waals surface area contributed by atoms with Gasteiger partial charge in [-0.3, -0.25) is 4.79 Å². The lowest BCUT2D eigenvalue weighted by atomic mass is 9.98. The molecule has 3 heteroatoms. The molecule has 0 aliphatic heterocycles. The van der Waals surface area contributed by atoms with E-state index in [9.17, 15) is 4.79 Å². The summed E-state index contributed by atoms with van der Waals surface area (Å²) < 4.78 is 0. The summed E-state index contributed by atoms with van der Waals surface area (Å²) in [7, 11) is 0. The molecule has 1 aliphatic carbocycles. The first-order chi connectivity index (χ1) is 7.54. The molecule has 0 aromatic rings. The zero-order chi connectivity index (χ0) is 12.2. The molecule has 0 aromatic carbocycles. The van der Waals surface area contributed by atoms with Gasteiger partial charge in [-0.05, 0) is 30.6 Å². The van der Waals surface area contributed by atoms with E-state index in [1.54, 1.807) is 0 Å². The minimum Gasteiger partial charge on any atom is -0.354 e. The van der Waals surface area contributed by atoms with Gasteiger partial charge in [0.05, 0.1) is 6.04 Å². The number of hydrogen-bond acceptors (Lipinski definition) is 2. The van der Waals surface area contributed by atoms with Gasteiger partial charge in [0.1, 0.15) is 0 Å². The average molecular weight is 226 g/mol. The molecule has 1 aliphatic rings. The molecule has 0 aromatic heterocycles. The van der Waals surface area contributed by atoms with Crippen LogP contribution in [0.4, 0.5) is 0 Å². The van der Waals surface area contributed by atoms with Crippen LogP contribution in [0.5, 0.6) is 0 Å². The van der Waals surface area contributed by atoms with Crippen LogP contribution in [0.3, 0.4) is 0 Å². The minimum absolute atomic E-state index is 0.0247. The van der Waals surface area contributed by atoms with E-state index in [4.69, 9.17) is 5.73 Å². The number of rotatable bonds is 7. The van der Waals surface area contributed by atoms with Crippen molar-refractivity contribution in [1.29, 1.82) is 0 Å². The van der Waals surface area contributed by atoms with Crippen molar-refractivity contribution in [2.24, 2.45) is 17.1 Å². The topological polar surface area (TPSA) is 55.1 Å². The highest BCUT2D eigenvalue weighted by atomic mass is 16.2. The molecule has 0 spiro atoms. The van der Waals surface area contributed by atoms with Crippen LogP contribution >= 0.6 is 0 Å². The van der Waals surface area contributed by atoms with Crippen LogP contribution in [0.2, 0.25) is 0 Å². The van der Waals surface area contributed by atoms with Gasteiger partial charge in [0, 0.05) is 6.54 Å². The van der Waals surface area contributed by atoms with Gasteiger partial charge in [0.2, 0.25) is 5.91 Å². The van der Waals surface area contributed by atoms with Crippen LogP contribution in [-0.2, 0) is 4.79 Å². The van der Waals surface area contributed by atoms with Crippen molar-refractivity contribution in [3.63, 3.8) is 0 Å². The van der Waals surface area contributed by atoms with Gasteiger partial charge in [0.15, 0.2) is 0 Å². The van der Waals surface area contributed by atoms with Crippen molar-refractivity contribution in [2.45, 2.75) is 58.9 Å². The third kappa shape index (κ3) is 3.48. The summed E-state index contributed by atoms with van der Waals surface area (Å²) in [5, 5.41) is 3.02. The Kier molecular flexibility index (Phi) is 4.78. The fraction of sp³-hybridized carbons (Fsp3) is 0.923. The van der Waals surface area contributed by atoms with E-state index in [1.165, 1.54) is 25.7 Å². The summed E-state index contributed by atoms with van der Waals surface area (Å²) in [5.74, 6) is 0.290. The second-order valence-corrected chi connectivity index (χ2v) is 5.38.